The van der Waals surface area contributed by atoms with Crippen molar-refractivity contribution in [2.24, 2.45) is 11.1 Å². The fraction of sp³-hybridized carbons (Fsp3) is 0.692. The Kier molecular flexibility index (Phi) is 4.14. The third-order valence-electron chi connectivity index (χ3n) is 3.89. The summed E-state index contributed by atoms with van der Waals surface area (Å²) in [7, 11) is 1.64. The number of rotatable bonds is 6. The molecule has 18 heavy (non-hydrogen) atoms. The van der Waals surface area contributed by atoms with Crippen LogP contribution in [0, 0.1) is 5.41 Å². The van der Waals surface area contributed by atoms with E-state index in [0.29, 0.717) is 25.4 Å². The Morgan fingerprint density at radius 3 is 2.89 bits per heavy atom. The Hall–Kier alpha value is -1.20. The van der Waals surface area contributed by atoms with Gasteiger partial charge in [-0.2, -0.15) is 5.10 Å². The van der Waals surface area contributed by atoms with Gasteiger partial charge in [-0.25, -0.2) is 0 Å². The molecular weight excluding hydrogens is 230 g/mol. The number of methoxy groups -OCH3 is 1. The molecule has 1 aromatic heterocycles. The van der Waals surface area contributed by atoms with Crippen molar-refractivity contribution in [3.05, 3.63) is 18.0 Å². The number of ketones is 1. The second-order valence-corrected chi connectivity index (χ2v) is 4.95. The maximum atomic E-state index is 12.7. The number of carbonyl (C=O) groups is 1. The zero-order valence-electron chi connectivity index (χ0n) is 10.9. The second-order valence-electron chi connectivity index (χ2n) is 4.95. The molecule has 0 bridgehead atoms. The molecule has 1 aromatic rings. The zero-order chi connectivity index (χ0) is 13.0. The molecule has 0 unspecified atom stereocenters. The number of aromatic nitrogens is 2. The van der Waals surface area contributed by atoms with E-state index in [4.69, 9.17) is 10.5 Å². The fourth-order valence-electron chi connectivity index (χ4n) is 2.73. The topological polar surface area (TPSA) is 70.1 Å². The molecular formula is C13H21N3O2. The summed E-state index contributed by atoms with van der Waals surface area (Å²) in [4.78, 5) is 12.7. The Morgan fingerprint density at radius 2 is 2.28 bits per heavy atom. The van der Waals surface area contributed by atoms with E-state index in [1.165, 1.54) is 0 Å². The predicted octanol–water partition coefficient (Wildman–Crippen LogP) is 1.23. The first-order chi connectivity index (χ1) is 8.73. The van der Waals surface area contributed by atoms with Crippen LogP contribution in [-0.4, -0.2) is 35.8 Å². The van der Waals surface area contributed by atoms with Crippen LogP contribution in [0.2, 0.25) is 0 Å². The van der Waals surface area contributed by atoms with Gasteiger partial charge in [0, 0.05) is 25.3 Å². The van der Waals surface area contributed by atoms with Crippen molar-refractivity contribution >= 4 is 5.78 Å². The standard InChI is InChI=1S/C13H21N3O2/c1-18-9-8-16-11(4-7-15-16)12(17)13(10-14)5-2-3-6-13/h4,7H,2-3,5-6,8-10,14H2,1H3. The summed E-state index contributed by atoms with van der Waals surface area (Å²) >= 11 is 0. The molecule has 1 aliphatic carbocycles. The number of nitrogens with two attached hydrogens (primary N) is 1. The highest BCUT2D eigenvalue weighted by atomic mass is 16.5. The lowest BCUT2D eigenvalue weighted by Gasteiger charge is -2.25. The molecule has 2 rings (SSSR count). The van der Waals surface area contributed by atoms with Gasteiger partial charge in [-0.05, 0) is 18.9 Å². The number of carbonyl (C=O) groups excluding carboxylic acids is 1. The number of nitrogens with zero attached hydrogens (tertiary/aromatic N) is 2. The van der Waals surface area contributed by atoms with Crippen LogP contribution < -0.4 is 5.73 Å². The third-order valence-corrected chi connectivity index (χ3v) is 3.89. The van der Waals surface area contributed by atoms with Crippen LogP contribution >= 0.6 is 0 Å². The molecule has 1 saturated carbocycles. The summed E-state index contributed by atoms with van der Waals surface area (Å²) in [6, 6.07) is 1.79. The second kappa shape index (κ2) is 5.63. The van der Waals surface area contributed by atoms with Crippen LogP contribution in [0.4, 0.5) is 0 Å². The van der Waals surface area contributed by atoms with E-state index in [9.17, 15) is 4.79 Å². The molecule has 0 aromatic carbocycles. The van der Waals surface area contributed by atoms with Crippen LogP contribution in [0.15, 0.2) is 12.3 Å². The minimum atomic E-state index is -0.356. The van der Waals surface area contributed by atoms with E-state index in [1.54, 1.807) is 24.1 Å². The van der Waals surface area contributed by atoms with Crippen molar-refractivity contribution in [3.8, 4) is 0 Å². The molecule has 0 amide bonds. The first kappa shape index (κ1) is 13.2. The van der Waals surface area contributed by atoms with Crippen LogP contribution in [0.5, 0.6) is 0 Å². The van der Waals surface area contributed by atoms with E-state index < -0.39 is 0 Å². The third kappa shape index (κ3) is 2.33. The van der Waals surface area contributed by atoms with Gasteiger partial charge in [0.2, 0.25) is 0 Å². The van der Waals surface area contributed by atoms with E-state index in [0.717, 1.165) is 25.7 Å². The Balaban J connectivity index is 2.20. The molecule has 0 radical (unpaired) electrons. The van der Waals surface area contributed by atoms with E-state index in [1.807, 2.05) is 0 Å². The van der Waals surface area contributed by atoms with E-state index >= 15 is 0 Å². The van der Waals surface area contributed by atoms with Crippen LogP contribution in [0.3, 0.4) is 0 Å². The summed E-state index contributed by atoms with van der Waals surface area (Å²) < 4.78 is 6.75. The van der Waals surface area contributed by atoms with Crippen molar-refractivity contribution in [1.29, 1.82) is 0 Å². The van der Waals surface area contributed by atoms with Gasteiger partial charge in [0.15, 0.2) is 5.78 Å². The smallest absolute Gasteiger partial charge is 0.188 e. The highest BCUT2D eigenvalue weighted by Gasteiger charge is 2.41. The molecule has 5 heteroatoms. The molecule has 1 aliphatic rings. The van der Waals surface area contributed by atoms with Gasteiger partial charge in [-0.3, -0.25) is 9.48 Å². The van der Waals surface area contributed by atoms with Gasteiger partial charge in [0.05, 0.1) is 13.2 Å². The van der Waals surface area contributed by atoms with Crippen molar-refractivity contribution in [3.63, 3.8) is 0 Å². The average molecular weight is 251 g/mol. The summed E-state index contributed by atoms with van der Waals surface area (Å²) in [5.41, 5.74) is 6.16. The highest BCUT2D eigenvalue weighted by molar-refractivity contribution is 5.99. The van der Waals surface area contributed by atoms with E-state index in [-0.39, 0.29) is 11.2 Å². The number of hydrogen-bond donors (Lipinski definition) is 1. The van der Waals surface area contributed by atoms with Gasteiger partial charge in [-0.15, -0.1) is 0 Å². The molecule has 0 spiro atoms. The largest absolute Gasteiger partial charge is 0.383 e. The van der Waals surface area contributed by atoms with Gasteiger partial charge < -0.3 is 10.5 Å². The quantitative estimate of drug-likeness (QED) is 0.772. The molecule has 2 N–H and O–H groups in total. The first-order valence-electron chi connectivity index (χ1n) is 6.49. The van der Waals surface area contributed by atoms with E-state index in [2.05, 4.69) is 5.10 Å². The van der Waals surface area contributed by atoms with Gasteiger partial charge >= 0.3 is 0 Å². The molecule has 0 aliphatic heterocycles. The Morgan fingerprint density at radius 1 is 1.56 bits per heavy atom. The number of ether oxygens (including phenoxy) is 1. The molecule has 1 heterocycles. The maximum absolute atomic E-state index is 12.7. The number of hydrogen-bond acceptors (Lipinski definition) is 4. The van der Waals surface area contributed by atoms with Crippen molar-refractivity contribution in [1.82, 2.24) is 9.78 Å². The Labute approximate surface area is 107 Å². The molecule has 1 fully saturated rings. The van der Waals surface area contributed by atoms with Gasteiger partial charge in [0.25, 0.3) is 0 Å². The summed E-state index contributed by atoms with van der Waals surface area (Å²) in [6.07, 6.45) is 5.65. The first-order valence-corrected chi connectivity index (χ1v) is 6.49. The van der Waals surface area contributed by atoms with Crippen LogP contribution in [0.1, 0.15) is 36.2 Å². The van der Waals surface area contributed by atoms with Gasteiger partial charge in [0.1, 0.15) is 5.69 Å². The van der Waals surface area contributed by atoms with Crippen molar-refractivity contribution in [2.45, 2.75) is 32.2 Å². The lowest BCUT2D eigenvalue weighted by Crippen LogP contribution is -2.37. The minimum absolute atomic E-state index is 0.149. The molecule has 5 nitrogen and oxygen atoms in total. The molecule has 0 atom stereocenters. The number of Topliss-reactive ketones (excluding diaryl/α,β-unsaturated/α-hetero) is 1. The van der Waals surface area contributed by atoms with Crippen molar-refractivity contribution < 1.29 is 9.53 Å². The van der Waals surface area contributed by atoms with Crippen molar-refractivity contribution in [2.75, 3.05) is 20.3 Å². The predicted molar refractivity (Wildman–Crippen MR) is 68.4 cm³/mol. The lowest BCUT2D eigenvalue weighted by molar-refractivity contribution is 0.0794. The molecule has 0 saturated heterocycles. The van der Waals surface area contributed by atoms with Gasteiger partial charge in [-0.1, -0.05) is 12.8 Å². The SMILES string of the molecule is COCCn1nccc1C(=O)C1(CN)CCCC1. The summed E-state index contributed by atoms with van der Waals surface area (Å²) in [5.74, 6) is 0.149. The Bertz CT molecular complexity index is 408. The summed E-state index contributed by atoms with van der Waals surface area (Å²) in [5, 5.41) is 4.19. The highest BCUT2D eigenvalue weighted by Crippen LogP contribution is 2.39. The lowest BCUT2D eigenvalue weighted by atomic mass is 9.80. The monoisotopic (exact) mass is 251 g/mol. The average Bonchev–Trinajstić information content (AvgIpc) is 3.05. The summed E-state index contributed by atoms with van der Waals surface area (Å²) in [6.45, 7) is 1.59. The van der Waals surface area contributed by atoms with Crippen LogP contribution in [0.25, 0.3) is 0 Å². The van der Waals surface area contributed by atoms with Crippen LogP contribution in [-0.2, 0) is 11.3 Å². The minimum Gasteiger partial charge on any atom is -0.383 e. The normalized spacial score (nSPS) is 18.1. The maximum Gasteiger partial charge on any atom is 0.188 e. The zero-order valence-corrected chi connectivity index (χ0v) is 10.9. The molecule has 100 valence electrons. The fourth-order valence-corrected chi connectivity index (χ4v) is 2.73.